The van der Waals surface area contributed by atoms with Crippen LogP contribution >= 0.6 is 0 Å². The third-order valence-corrected chi connectivity index (χ3v) is 7.56. The molecule has 1 atom stereocenters. The van der Waals surface area contributed by atoms with Gasteiger partial charge in [-0.05, 0) is 29.3 Å². The Hall–Kier alpha value is -1.38. The molecule has 0 aromatic heterocycles. The van der Waals surface area contributed by atoms with Gasteiger partial charge < -0.3 is 4.43 Å². The van der Waals surface area contributed by atoms with Gasteiger partial charge in [0.25, 0.3) is 0 Å². The largest absolute Gasteiger partial charge is 0.405 e. The van der Waals surface area contributed by atoms with Gasteiger partial charge in [0.1, 0.15) is 0 Å². The summed E-state index contributed by atoms with van der Waals surface area (Å²) in [5.41, 5.74) is 1.34. The first kappa shape index (κ1) is 13.1. The fourth-order valence-electron chi connectivity index (χ4n) is 2.78. The second kappa shape index (κ2) is 5.51. The van der Waals surface area contributed by atoms with Crippen LogP contribution < -0.4 is 5.19 Å². The van der Waals surface area contributed by atoms with Crippen molar-refractivity contribution in [3.8, 4) is 0 Å². The van der Waals surface area contributed by atoms with Gasteiger partial charge >= 0.3 is 0 Å². The van der Waals surface area contributed by atoms with Gasteiger partial charge in [-0.15, -0.1) is 19.7 Å². The number of benzene rings is 1. The lowest BCUT2D eigenvalue weighted by Gasteiger charge is -2.25. The van der Waals surface area contributed by atoms with Crippen LogP contribution in [0.2, 0.25) is 12.1 Å². The Labute approximate surface area is 111 Å². The Kier molecular flexibility index (Phi) is 3.99. The fraction of sp³-hybridized carbons (Fsp3) is 0.250. The van der Waals surface area contributed by atoms with Crippen LogP contribution in [0.3, 0.4) is 0 Å². The van der Waals surface area contributed by atoms with E-state index in [-0.39, 0.29) is 6.10 Å². The number of rotatable bonds is 6. The average Bonchev–Trinajstić information content (AvgIpc) is 2.67. The number of hydrogen-bond donors (Lipinski definition) is 0. The van der Waals surface area contributed by atoms with E-state index in [2.05, 4.69) is 44.0 Å². The summed E-state index contributed by atoms with van der Waals surface area (Å²) in [6.45, 7) is 11.6. The zero-order chi connectivity index (χ0) is 13.0. The van der Waals surface area contributed by atoms with Crippen molar-refractivity contribution in [2.75, 3.05) is 0 Å². The quantitative estimate of drug-likeness (QED) is 0.555. The Morgan fingerprint density at radius 3 is 2.33 bits per heavy atom. The van der Waals surface area contributed by atoms with E-state index < -0.39 is 8.32 Å². The maximum Gasteiger partial charge on any atom is 0.232 e. The molecule has 1 heterocycles. The van der Waals surface area contributed by atoms with Crippen molar-refractivity contribution >= 4 is 13.5 Å². The Bertz CT molecular complexity index is 454. The van der Waals surface area contributed by atoms with Gasteiger partial charge in [-0.3, -0.25) is 0 Å². The highest BCUT2D eigenvalue weighted by molar-refractivity contribution is 6.88. The molecule has 0 fully saturated rings. The van der Waals surface area contributed by atoms with E-state index >= 15 is 0 Å². The molecule has 0 N–H and O–H groups in total. The van der Waals surface area contributed by atoms with Crippen molar-refractivity contribution in [2.24, 2.45) is 0 Å². The maximum absolute atomic E-state index is 6.47. The van der Waals surface area contributed by atoms with Gasteiger partial charge in [0, 0.05) is 0 Å². The molecule has 1 nitrogen and oxygen atoms in total. The third-order valence-electron chi connectivity index (χ3n) is 3.50. The first-order valence-corrected chi connectivity index (χ1v) is 8.69. The van der Waals surface area contributed by atoms with Crippen LogP contribution in [0.25, 0.3) is 0 Å². The smallest absolute Gasteiger partial charge is 0.232 e. The van der Waals surface area contributed by atoms with Crippen molar-refractivity contribution in [2.45, 2.75) is 24.6 Å². The van der Waals surface area contributed by atoms with Crippen LogP contribution in [0.1, 0.15) is 18.1 Å². The molecule has 1 unspecified atom stereocenters. The van der Waals surface area contributed by atoms with Crippen LogP contribution in [0.4, 0.5) is 0 Å². The summed E-state index contributed by atoms with van der Waals surface area (Å²) in [4.78, 5) is 0. The second-order valence-corrected chi connectivity index (χ2v) is 8.28. The molecule has 0 radical (unpaired) electrons. The van der Waals surface area contributed by atoms with E-state index in [1.807, 2.05) is 18.2 Å². The summed E-state index contributed by atoms with van der Waals surface area (Å²) in [5, 5.41) is 1.41. The topological polar surface area (TPSA) is 9.23 Å². The maximum atomic E-state index is 6.47. The second-order valence-electron chi connectivity index (χ2n) is 4.70. The van der Waals surface area contributed by atoms with E-state index in [1.165, 1.54) is 10.8 Å². The molecule has 94 valence electrons. The van der Waals surface area contributed by atoms with Crippen molar-refractivity contribution in [1.82, 2.24) is 0 Å². The Balaban J connectivity index is 2.47. The normalized spacial score (nSPS) is 20.1. The monoisotopic (exact) mass is 256 g/mol. The molecule has 2 rings (SSSR count). The van der Waals surface area contributed by atoms with Gasteiger partial charge in [0.2, 0.25) is 8.32 Å². The minimum absolute atomic E-state index is 0.172. The lowest BCUT2D eigenvalue weighted by atomic mass is 10.1. The molecule has 0 spiro atoms. The van der Waals surface area contributed by atoms with Gasteiger partial charge in [-0.25, -0.2) is 0 Å². The molecule has 1 aromatic carbocycles. The van der Waals surface area contributed by atoms with Gasteiger partial charge in [-0.2, -0.15) is 0 Å². The molecule has 0 saturated carbocycles. The van der Waals surface area contributed by atoms with E-state index in [1.54, 1.807) is 0 Å². The lowest BCUT2D eigenvalue weighted by Crippen LogP contribution is -2.46. The molecule has 0 saturated heterocycles. The number of hydrogen-bond acceptors (Lipinski definition) is 1. The molecule has 1 aliphatic heterocycles. The van der Waals surface area contributed by atoms with Crippen molar-refractivity contribution < 1.29 is 4.43 Å². The van der Waals surface area contributed by atoms with E-state index in [9.17, 15) is 0 Å². The summed E-state index contributed by atoms with van der Waals surface area (Å²) < 4.78 is 6.47. The zero-order valence-electron chi connectivity index (χ0n) is 10.8. The van der Waals surface area contributed by atoms with Crippen LogP contribution in [0.5, 0.6) is 0 Å². The molecule has 1 aromatic rings. The highest BCUT2D eigenvalue weighted by atomic mass is 28.4. The first-order chi connectivity index (χ1) is 8.77. The minimum atomic E-state index is -1.94. The number of allylic oxidation sites excluding steroid dienone is 2. The first-order valence-electron chi connectivity index (χ1n) is 6.37. The predicted octanol–water partition coefficient (Wildman–Crippen LogP) is 3.86. The predicted molar refractivity (Wildman–Crippen MR) is 80.5 cm³/mol. The third kappa shape index (κ3) is 2.14. The molecule has 0 aliphatic carbocycles. The molecular weight excluding hydrogens is 236 g/mol. The summed E-state index contributed by atoms with van der Waals surface area (Å²) in [7, 11) is -1.94. The van der Waals surface area contributed by atoms with Gasteiger partial charge in [0.15, 0.2) is 0 Å². The lowest BCUT2D eigenvalue weighted by molar-refractivity contribution is 0.216. The van der Waals surface area contributed by atoms with Crippen molar-refractivity contribution in [3.63, 3.8) is 0 Å². The highest BCUT2D eigenvalue weighted by Crippen LogP contribution is 2.37. The van der Waals surface area contributed by atoms with Crippen molar-refractivity contribution in [1.29, 1.82) is 0 Å². The van der Waals surface area contributed by atoms with Gasteiger partial charge in [-0.1, -0.05) is 42.5 Å². The standard InChI is InChI=1S/C16H20OSi/c1-4-9-15-14-10-7-8-11-16(14)18(17-15,12-5-2)13-6-3/h4-8,10-11,15H,1-3,9,12-13H2. The van der Waals surface area contributed by atoms with Crippen LogP contribution in [0.15, 0.2) is 62.2 Å². The van der Waals surface area contributed by atoms with E-state index in [0.717, 1.165) is 18.5 Å². The minimum Gasteiger partial charge on any atom is -0.405 e. The van der Waals surface area contributed by atoms with Crippen molar-refractivity contribution in [3.05, 3.63) is 67.8 Å². The van der Waals surface area contributed by atoms with Crippen LogP contribution in [-0.4, -0.2) is 8.32 Å². The molecule has 1 aliphatic rings. The summed E-state index contributed by atoms with van der Waals surface area (Å²) in [5.74, 6) is 0. The Morgan fingerprint density at radius 2 is 1.72 bits per heavy atom. The molecule has 0 bridgehead atoms. The number of fused-ring (bicyclic) bond motifs is 1. The zero-order valence-corrected chi connectivity index (χ0v) is 11.8. The SMILES string of the molecule is C=CCC1O[Si](CC=C)(CC=C)c2ccccc21. The molecule has 18 heavy (non-hydrogen) atoms. The van der Waals surface area contributed by atoms with Crippen LogP contribution in [-0.2, 0) is 4.43 Å². The summed E-state index contributed by atoms with van der Waals surface area (Å²) >= 11 is 0. The average molecular weight is 256 g/mol. The molecule has 0 amide bonds. The highest BCUT2D eigenvalue weighted by Gasteiger charge is 2.45. The van der Waals surface area contributed by atoms with E-state index in [0.29, 0.717) is 0 Å². The van der Waals surface area contributed by atoms with Crippen LogP contribution in [0, 0.1) is 0 Å². The van der Waals surface area contributed by atoms with E-state index in [4.69, 9.17) is 4.43 Å². The Morgan fingerprint density at radius 1 is 1.06 bits per heavy atom. The molecular formula is C16H20OSi. The molecule has 2 heteroatoms. The van der Waals surface area contributed by atoms with Gasteiger partial charge in [0.05, 0.1) is 6.10 Å². The summed E-state index contributed by atoms with van der Waals surface area (Å²) in [6, 6.07) is 10.5. The summed E-state index contributed by atoms with van der Waals surface area (Å²) in [6.07, 6.45) is 6.96. The fourth-order valence-corrected chi connectivity index (χ4v) is 6.58.